The predicted octanol–water partition coefficient (Wildman–Crippen LogP) is 3.75. The van der Waals surface area contributed by atoms with Crippen molar-refractivity contribution in [2.75, 3.05) is 24.5 Å². The summed E-state index contributed by atoms with van der Waals surface area (Å²) >= 11 is 0. The number of aromatic nitrogens is 4. The topological polar surface area (TPSA) is 67.2 Å². The van der Waals surface area contributed by atoms with Crippen molar-refractivity contribution >= 4 is 22.8 Å². The van der Waals surface area contributed by atoms with Gasteiger partial charge in [-0.1, -0.05) is 11.6 Å². The van der Waals surface area contributed by atoms with Crippen LogP contribution in [-0.4, -0.2) is 56.2 Å². The summed E-state index contributed by atoms with van der Waals surface area (Å²) < 4.78 is 29.2. The number of benzene rings is 2. The lowest BCUT2D eigenvalue weighted by Crippen LogP contribution is -2.66. The van der Waals surface area contributed by atoms with E-state index in [-0.39, 0.29) is 17.5 Å². The maximum Gasteiger partial charge on any atom is 0.256 e. The van der Waals surface area contributed by atoms with Gasteiger partial charge in [0.1, 0.15) is 11.3 Å². The van der Waals surface area contributed by atoms with E-state index in [4.69, 9.17) is 0 Å². The number of hydrogen-bond donors (Lipinski definition) is 0. The largest absolute Gasteiger partial charge is 0.353 e. The van der Waals surface area contributed by atoms with E-state index in [1.54, 1.807) is 10.9 Å². The summed E-state index contributed by atoms with van der Waals surface area (Å²) in [4.78, 5) is 26.2. The molecular formula is C25H22F2N6O. The number of fused-ring (bicyclic) bond motifs is 2. The third-order valence-corrected chi connectivity index (χ3v) is 6.86. The van der Waals surface area contributed by atoms with Gasteiger partial charge in [0.25, 0.3) is 5.91 Å². The number of aryl methyl sites for hydroxylation is 1. The molecule has 6 rings (SSSR count). The normalized spacial score (nSPS) is 19.7. The number of nitrogens with zero attached hydrogens (tertiary/aromatic N) is 6. The zero-order valence-electron chi connectivity index (χ0n) is 18.5. The Morgan fingerprint density at radius 2 is 2.03 bits per heavy atom. The molecule has 7 nitrogen and oxygen atoms in total. The second kappa shape index (κ2) is 7.86. The molecule has 2 aliphatic rings. The first-order chi connectivity index (χ1) is 16.5. The molecule has 34 heavy (non-hydrogen) atoms. The highest BCUT2D eigenvalue weighted by Gasteiger charge is 2.45. The molecule has 0 spiro atoms. The van der Waals surface area contributed by atoms with Crippen molar-refractivity contribution in [2.24, 2.45) is 5.92 Å². The molecule has 4 heterocycles. The van der Waals surface area contributed by atoms with Gasteiger partial charge < -0.3 is 9.80 Å². The van der Waals surface area contributed by atoms with Crippen LogP contribution >= 0.6 is 0 Å². The van der Waals surface area contributed by atoms with E-state index in [1.807, 2.05) is 42.3 Å². The van der Waals surface area contributed by atoms with Gasteiger partial charge in [-0.3, -0.25) is 4.79 Å². The van der Waals surface area contributed by atoms with Gasteiger partial charge in [-0.05, 0) is 43.7 Å². The molecule has 2 aliphatic heterocycles. The average Bonchev–Trinajstić information content (AvgIpc) is 3.37. The van der Waals surface area contributed by atoms with E-state index >= 15 is 0 Å². The number of rotatable bonds is 3. The zero-order valence-corrected chi connectivity index (χ0v) is 18.5. The molecule has 2 aromatic carbocycles. The standard InChI is InChI=1S/C25H22F2N6O/c1-15-3-6-20(33-9-2-8-29-33)17(11-15)25(34)32-13-16-7-10-31(14-21(16)32)22-12-28-24-19(30-22)5-4-18(26)23(24)27/h2-6,8-9,11-12,16,21H,7,10,13-14H2,1H3/t16-,21-/m1/s1. The van der Waals surface area contributed by atoms with Crippen LogP contribution in [0.4, 0.5) is 14.6 Å². The van der Waals surface area contributed by atoms with E-state index in [0.717, 1.165) is 36.8 Å². The van der Waals surface area contributed by atoms with Crippen LogP contribution in [0.3, 0.4) is 0 Å². The maximum absolute atomic E-state index is 14.0. The second-order valence-electron chi connectivity index (χ2n) is 8.95. The Kier molecular flexibility index (Phi) is 4.79. The summed E-state index contributed by atoms with van der Waals surface area (Å²) in [7, 11) is 0. The smallest absolute Gasteiger partial charge is 0.256 e. The number of carbonyl (C=O) groups excluding carboxylic acids is 1. The van der Waals surface area contributed by atoms with Gasteiger partial charge in [0.05, 0.1) is 29.0 Å². The van der Waals surface area contributed by atoms with Gasteiger partial charge >= 0.3 is 0 Å². The van der Waals surface area contributed by atoms with Crippen LogP contribution in [-0.2, 0) is 0 Å². The zero-order chi connectivity index (χ0) is 23.4. The summed E-state index contributed by atoms with van der Waals surface area (Å²) in [5, 5.41) is 4.30. The molecule has 0 unspecified atom stereocenters. The number of halogens is 2. The molecule has 2 aromatic heterocycles. The lowest BCUT2D eigenvalue weighted by molar-refractivity contribution is 0.00779. The van der Waals surface area contributed by atoms with Crippen molar-refractivity contribution in [3.05, 3.63) is 77.8 Å². The predicted molar refractivity (Wildman–Crippen MR) is 123 cm³/mol. The molecule has 2 saturated heterocycles. The second-order valence-corrected chi connectivity index (χ2v) is 8.95. The maximum atomic E-state index is 14.0. The summed E-state index contributed by atoms with van der Waals surface area (Å²) in [5.41, 5.74) is 2.62. The minimum Gasteiger partial charge on any atom is -0.353 e. The van der Waals surface area contributed by atoms with Crippen LogP contribution in [0, 0.1) is 24.5 Å². The molecule has 0 N–H and O–H groups in total. The summed E-state index contributed by atoms with van der Waals surface area (Å²) in [6, 6.07) is 10.2. The first-order valence-corrected chi connectivity index (χ1v) is 11.3. The Hall–Kier alpha value is -3.88. The first kappa shape index (κ1) is 20.7. The van der Waals surface area contributed by atoms with Gasteiger partial charge in [-0.2, -0.15) is 5.10 Å². The van der Waals surface area contributed by atoms with Crippen LogP contribution in [0.1, 0.15) is 22.3 Å². The highest BCUT2D eigenvalue weighted by Crippen LogP contribution is 2.36. The Balaban J connectivity index is 1.26. The van der Waals surface area contributed by atoms with E-state index in [0.29, 0.717) is 29.4 Å². The van der Waals surface area contributed by atoms with Crippen LogP contribution in [0.15, 0.2) is 55.0 Å². The monoisotopic (exact) mass is 460 g/mol. The van der Waals surface area contributed by atoms with Crippen LogP contribution in [0.25, 0.3) is 16.7 Å². The van der Waals surface area contributed by atoms with Gasteiger partial charge in [0.2, 0.25) is 0 Å². The van der Waals surface area contributed by atoms with Gasteiger partial charge in [-0.25, -0.2) is 23.4 Å². The fourth-order valence-corrected chi connectivity index (χ4v) is 4.99. The molecular weight excluding hydrogens is 438 g/mol. The lowest BCUT2D eigenvalue weighted by Gasteiger charge is -2.53. The Bertz CT molecular complexity index is 1410. The molecule has 0 aliphatic carbocycles. The van der Waals surface area contributed by atoms with Crippen molar-refractivity contribution in [3.8, 4) is 5.69 Å². The highest BCUT2D eigenvalue weighted by molar-refractivity contribution is 5.98. The van der Waals surface area contributed by atoms with Gasteiger partial charge in [0, 0.05) is 37.9 Å². The van der Waals surface area contributed by atoms with Crippen LogP contribution in [0.2, 0.25) is 0 Å². The SMILES string of the molecule is Cc1ccc(-n2cccn2)c(C(=O)N2C[C@H]3CCN(c4cnc5c(F)c(F)ccc5n4)C[C@H]32)c1. The Morgan fingerprint density at radius 1 is 1.15 bits per heavy atom. The van der Waals surface area contributed by atoms with E-state index in [2.05, 4.69) is 20.0 Å². The highest BCUT2D eigenvalue weighted by atomic mass is 19.2. The summed E-state index contributed by atoms with van der Waals surface area (Å²) in [6.07, 6.45) is 5.92. The van der Waals surface area contributed by atoms with Crippen molar-refractivity contribution in [2.45, 2.75) is 19.4 Å². The first-order valence-electron chi connectivity index (χ1n) is 11.3. The fourth-order valence-electron chi connectivity index (χ4n) is 4.99. The van der Waals surface area contributed by atoms with Crippen LogP contribution < -0.4 is 4.90 Å². The Morgan fingerprint density at radius 3 is 2.85 bits per heavy atom. The lowest BCUT2D eigenvalue weighted by atomic mass is 9.81. The average molecular weight is 460 g/mol. The molecule has 0 saturated carbocycles. The van der Waals surface area contributed by atoms with E-state index < -0.39 is 11.6 Å². The summed E-state index contributed by atoms with van der Waals surface area (Å²) in [6.45, 7) is 4.08. The molecule has 1 amide bonds. The molecule has 0 radical (unpaired) electrons. The molecule has 0 bridgehead atoms. The van der Waals surface area contributed by atoms with Crippen molar-refractivity contribution in [1.29, 1.82) is 0 Å². The molecule has 2 fully saturated rings. The minimum absolute atomic E-state index is 0.0144. The summed E-state index contributed by atoms with van der Waals surface area (Å²) in [5.74, 6) is -0.914. The van der Waals surface area contributed by atoms with E-state index in [9.17, 15) is 13.6 Å². The number of piperidine rings is 1. The van der Waals surface area contributed by atoms with Crippen molar-refractivity contribution in [1.82, 2.24) is 24.6 Å². The number of likely N-dealkylation sites (tertiary alicyclic amines) is 1. The quantitative estimate of drug-likeness (QED) is 0.466. The number of amides is 1. The molecule has 9 heteroatoms. The van der Waals surface area contributed by atoms with E-state index in [1.165, 1.54) is 12.3 Å². The number of hydrogen-bond acceptors (Lipinski definition) is 5. The van der Waals surface area contributed by atoms with Crippen molar-refractivity contribution in [3.63, 3.8) is 0 Å². The van der Waals surface area contributed by atoms with Crippen LogP contribution in [0.5, 0.6) is 0 Å². The molecule has 172 valence electrons. The Labute approximate surface area is 194 Å². The van der Waals surface area contributed by atoms with Gasteiger partial charge in [-0.15, -0.1) is 0 Å². The number of anilines is 1. The number of carbonyl (C=O) groups is 1. The minimum atomic E-state index is -0.989. The molecule has 2 atom stereocenters. The third kappa shape index (κ3) is 3.30. The van der Waals surface area contributed by atoms with Gasteiger partial charge in [0.15, 0.2) is 11.6 Å². The third-order valence-electron chi connectivity index (χ3n) is 6.86. The fraction of sp³-hybridized carbons (Fsp3) is 0.280. The van der Waals surface area contributed by atoms with Crippen molar-refractivity contribution < 1.29 is 13.6 Å². The molecule has 4 aromatic rings.